The standard InChI is InChI=1S/C25H20FNO3/c26-20-13-10-19(11-14-20)17-27-23-9-5-4-8-22(23)25(30,24(27)29)16-21(28)15-12-18-6-2-1-3-7-18/h1-15,30H,16-17H2/b15-12+/t25-/m1/s1. The molecule has 1 aliphatic heterocycles. The van der Waals surface area contributed by atoms with Crippen molar-refractivity contribution in [3.05, 3.63) is 107 Å². The number of nitrogens with zero attached hydrogens (tertiary/aromatic N) is 1. The largest absolute Gasteiger partial charge is 0.375 e. The van der Waals surface area contributed by atoms with Gasteiger partial charge in [-0.1, -0.05) is 66.7 Å². The summed E-state index contributed by atoms with van der Waals surface area (Å²) in [6.45, 7) is 0.173. The zero-order chi connectivity index (χ0) is 21.1. The second-order valence-corrected chi connectivity index (χ2v) is 7.28. The Kier molecular flexibility index (Phi) is 5.29. The van der Waals surface area contributed by atoms with Crippen molar-refractivity contribution < 1.29 is 19.1 Å². The third kappa shape index (κ3) is 3.80. The van der Waals surface area contributed by atoms with Gasteiger partial charge in [0, 0.05) is 5.56 Å². The second-order valence-electron chi connectivity index (χ2n) is 7.28. The molecule has 0 bridgehead atoms. The Bertz CT molecular complexity index is 1110. The first-order valence-corrected chi connectivity index (χ1v) is 9.62. The highest BCUT2D eigenvalue weighted by Gasteiger charge is 2.50. The molecule has 4 rings (SSSR count). The highest BCUT2D eigenvalue weighted by Crippen LogP contribution is 2.43. The van der Waals surface area contributed by atoms with Crippen LogP contribution >= 0.6 is 0 Å². The van der Waals surface area contributed by atoms with Gasteiger partial charge in [-0.15, -0.1) is 0 Å². The van der Waals surface area contributed by atoms with E-state index >= 15 is 0 Å². The summed E-state index contributed by atoms with van der Waals surface area (Å²) in [6, 6.07) is 22.1. The van der Waals surface area contributed by atoms with Crippen molar-refractivity contribution in [1.82, 2.24) is 0 Å². The number of halogens is 1. The van der Waals surface area contributed by atoms with Crippen LogP contribution in [0, 0.1) is 5.82 Å². The summed E-state index contributed by atoms with van der Waals surface area (Å²) >= 11 is 0. The van der Waals surface area contributed by atoms with Gasteiger partial charge in [0.05, 0.1) is 18.7 Å². The van der Waals surface area contributed by atoms with E-state index in [0.717, 1.165) is 11.1 Å². The van der Waals surface area contributed by atoms with E-state index in [0.29, 0.717) is 11.3 Å². The van der Waals surface area contributed by atoms with Crippen molar-refractivity contribution in [1.29, 1.82) is 0 Å². The molecule has 1 amide bonds. The van der Waals surface area contributed by atoms with E-state index in [4.69, 9.17) is 0 Å². The number of carbonyl (C=O) groups excluding carboxylic acids is 2. The lowest BCUT2D eigenvalue weighted by Crippen LogP contribution is -2.41. The Morgan fingerprint density at radius 3 is 2.37 bits per heavy atom. The van der Waals surface area contributed by atoms with Crippen LogP contribution in [-0.4, -0.2) is 16.8 Å². The van der Waals surface area contributed by atoms with E-state index < -0.39 is 11.5 Å². The molecule has 1 heterocycles. The van der Waals surface area contributed by atoms with Crippen LogP contribution in [0.5, 0.6) is 0 Å². The molecular weight excluding hydrogens is 381 g/mol. The summed E-state index contributed by atoms with van der Waals surface area (Å²) < 4.78 is 13.2. The van der Waals surface area contributed by atoms with Gasteiger partial charge < -0.3 is 10.0 Å². The van der Waals surface area contributed by atoms with E-state index in [-0.39, 0.29) is 24.6 Å². The number of fused-ring (bicyclic) bond motifs is 1. The fraction of sp³-hybridized carbons (Fsp3) is 0.120. The molecule has 4 nitrogen and oxygen atoms in total. The molecule has 0 saturated heterocycles. The number of benzene rings is 3. The van der Waals surface area contributed by atoms with Crippen molar-refractivity contribution in [2.45, 2.75) is 18.6 Å². The molecule has 0 unspecified atom stereocenters. The van der Waals surface area contributed by atoms with Crippen LogP contribution in [0.2, 0.25) is 0 Å². The van der Waals surface area contributed by atoms with Gasteiger partial charge in [-0.2, -0.15) is 0 Å². The molecule has 0 spiro atoms. The maximum absolute atomic E-state index is 13.2. The Balaban J connectivity index is 1.59. The average molecular weight is 401 g/mol. The SMILES string of the molecule is O=C(/C=C/c1ccccc1)C[C@]1(O)C(=O)N(Cc2ccc(F)cc2)c2ccccc21. The first-order valence-electron chi connectivity index (χ1n) is 9.62. The molecule has 0 aromatic heterocycles. The first-order chi connectivity index (χ1) is 14.5. The average Bonchev–Trinajstić information content (AvgIpc) is 2.96. The van der Waals surface area contributed by atoms with Gasteiger partial charge in [-0.3, -0.25) is 9.59 Å². The molecule has 0 aliphatic carbocycles. The summed E-state index contributed by atoms with van der Waals surface area (Å²) in [4.78, 5) is 27.2. The third-order valence-corrected chi connectivity index (χ3v) is 5.18. The topological polar surface area (TPSA) is 57.6 Å². The van der Waals surface area contributed by atoms with E-state index in [1.165, 1.54) is 23.1 Å². The number of carbonyl (C=O) groups is 2. The third-order valence-electron chi connectivity index (χ3n) is 5.18. The lowest BCUT2D eigenvalue weighted by Gasteiger charge is -2.22. The molecule has 1 aliphatic rings. The van der Waals surface area contributed by atoms with Crippen LogP contribution in [0.4, 0.5) is 10.1 Å². The first kappa shape index (κ1) is 19.7. The molecule has 0 saturated carbocycles. The summed E-state index contributed by atoms with van der Waals surface area (Å²) in [7, 11) is 0. The van der Waals surface area contributed by atoms with Crippen molar-refractivity contribution in [3.8, 4) is 0 Å². The molecule has 1 atom stereocenters. The summed E-state index contributed by atoms with van der Waals surface area (Å²) in [5.41, 5.74) is 0.593. The fourth-order valence-corrected chi connectivity index (χ4v) is 3.67. The van der Waals surface area contributed by atoms with Crippen LogP contribution in [-0.2, 0) is 21.7 Å². The predicted molar refractivity (Wildman–Crippen MR) is 113 cm³/mol. The molecule has 3 aromatic rings. The molecule has 1 N–H and O–H groups in total. The molecule has 3 aromatic carbocycles. The Labute approximate surface area is 173 Å². The maximum Gasteiger partial charge on any atom is 0.264 e. The predicted octanol–water partition coefficient (Wildman–Crippen LogP) is 4.23. The monoisotopic (exact) mass is 401 g/mol. The van der Waals surface area contributed by atoms with Gasteiger partial charge >= 0.3 is 0 Å². The van der Waals surface area contributed by atoms with Gasteiger partial charge in [0.2, 0.25) is 0 Å². The minimum absolute atomic E-state index is 0.173. The number of allylic oxidation sites excluding steroid dienone is 1. The number of amides is 1. The maximum atomic E-state index is 13.2. The Morgan fingerprint density at radius 1 is 0.967 bits per heavy atom. The number of aliphatic hydroxyl groups is 1. The van der Waals surface area contributed by atoms with E-state index in [1.54, 1.807) is 42.5 Å². The highest BCUT2D eigenvalue weighted by atomic mass is 19.1. The van der Waals surface area contributed by atoms with Crippen LogP contribution in [0.1, 0.15) is 23.1 Å². The fourth-order valence-electron chi connectivity index (χ4n) is 3.67. The van der Waals surface area contributed by atoms with Gasteiger partial charge in [0.1, 0.15) is 5.82 Å². The smallest absolute Gasteiger partial charge is 0.264 e. The van der Waals surface area contributed by atoms with Gasteiger partial charge in [-0.25, -0.2) is 4.39 Å². The molecule has 30 heavy (non-hydrogen) atoms. The van der Waals surface area contributed by atoms with Crippen LogP contribution in [0.3, 0.4) is 0 Å². The number of hydrogen-bond acceptors (Lipinski definition) is 3. The lowest BCUT2D eigenvalue weighted by atomic mass is 9.89. The Morgan fingerprint density at radius 2 is 1.63 bits per heavy atom. The van der Waals surface area contributed by atoms with E-state index in [2.05, 4.69) is 0 Å². The lowest BCUT2D eigenvalue weighted by molar-refractivity contribution is -0.140. The number of para-hydroxylation sites is 1. The molecule has 0 fully saturated rings. The normalized spacial score (nSPS) is 18.1. The zero-order valence-corrected chi connectivity index (χ0v) is 16.2. The minimum atomic E-state index is -1.94. The van der Waals surface area contributed by atoms with Crippen LogP contribution in [0.15, 0.2) is 84.9 Å². The number of rotatable bonds is 6. The van der Waals surface area contributed by atoms with Gasteiger partial charge in [0.25, 0.3) is 5.91 Å². The number of anilines is 1. The van der Waals surface area contributed by atoms with Crippen molar-refractivity contribution in [2.24, 2.45) is 0 Å². The van der Waals surface area contributed by atoms with Crippen LogP contribution < -0.4 is 4.90 Å². The number of hydrogen-bond donors (Lipinski definition) is 1. The molecule has 5 heteroatoms. The zero-order valence-electron chi connectivity index (χ0n) is 16.2. The van der Waals surface area contributed by atoms with E-state index in [1.807, 2.05) is 30.3 Å². The second kappa shape index (κ2) is 8.05. The summed E-state index contributed by atoms with van der Waals surface area (Å²) in [5.74, 6) is -1.28. The molecule has 150 valence electrons. The minimum Gasteiger partial charge on any atom is -0.375 e. The Hall–Kier alpha value is -3.57. The number of ketones is 1. The van der Waals surface area contributed by atoms with Gasteiger partial charge in [-0.05, 0) is 35.4 Å². The summed E-state index contributed by atoms with van der Waals surface area (Å²) in [5, 5.41) is 11.3. The highest BCUT2D eigenvalue weighted by molar-refractivity contribution is 6.10. The van der Waals surface area contributed by atoms with Crippen molar-refractivity contribution >= 4 is 23.5 Å². The van der Waals surface area contributed by atoms with Crippen molar-refractivity contribution in [3.63, 3.8) is 0 Å². The summed E-state index contributed by atoms with van der Waals surface area (Å²) in [6.07, 6.45) is 2.69. The van der Waals surface area contributed by atoms with Crippen molar-refractivity contribution in [2.75, 3.05) is 4.90 Å². The van der Waals surface area contributed by atoms with Gasteiger partial charge in [0.15, 0.2) is 11.4 Å². The molecule has 0 radical (unpaired) electrons. The van der Waals surface area contributed by atoms with E-state index in [9.17, 15) is 19.1 Å². The quantitative estimate of drug-likeness (QED) is 0.629. The van der Waals surface area contributed by atoms with Crippen LogP contribution in [0.25, 0.3) is 6.08 Å². The molecular formula is C25H20FNO3.